The van der Waals surface area contributed by atoms with Gasteiger partial charge in [-0.1, -0.05) is 11.6 Å². The maximum Gasteiger partial charge on any atom is 0.243 e. The third-order valence-electron chi connectivity index (χ3n) is 5.60. The molecule has 0 aliphatic carbocycles. The molecule has 1 atom stereocenters. The molecule has 0 bridgehead atoms. The fraction of sp³-hybridized carbons (Fsp3) is 0.409. The van der Waals surface area contributed by atoms with Crippen molar-refractivity contribution in [3.63, 3.8) is 0 Å². The summed E-state index contributed by atoms with van der Waals surface area (Å²) in [7, 11) is -3.61. The molecule has 0 unspecified atom stereocenters. The Kier molecular flexibility index (Phi) is 6.41. The molecule has 2 heterocycles. The summed E-state index contributed by atoms with van der Waals surface area (Å²) in [6.45, 7) is 3.94. The second-order valence-electron chi connectivity index (χ2n) is 7.60. The Balaban J connectivity index is 1.37. The number of carbonyl (C=O) groups excluding carboxylic acids is 1. The summed E-state index contributed by atoms with van der Waals surface area (Å²) in [6, 6.07) is 11.8. The Bertz CT molecular complexity index is 1050. The third-order valence-corrected chi connectivity index (χ3v) is 7.75. The number of halogens is 1. The van der Waals surface area contributed by atoms with Crippen molar-refractivity contribution in [2.75, 3.05) is 39.4 Å². The summed E-state index contributed by atoms with van der Waals surface area (Å²) in [5, 5.41) is 0.614. The van der Waals surface area contributed by atoms with Gasteiger partial charge in [-0.2, -0.15) is 4.31 Å². The minimum absolute atomic E-state index is 0.0104. The van der Waals surface area contributed by atoms with Crippen LogP contribution in [0.5, 0.6) is 11.5 Å². The van der Waals surface area contributed by atoms with E-state index < -0.39 is 10.0 Å². The van der Waals surface area contributed by atoms with Crippen LogP contribution in [-0.2, 0) is 21.2 Å². The fourth-order valence-electron chi connectivity index (χ4n) is 3.95. The highest BCUT2D eigenvalue weighted by molar-refractivity contribution is 7.89. The summed E-state index contributed by atoms with van der Waals surface area (Å²) >= 11 is 6.07. The van der Waals surface area contributed by atoms with Crippen LogP contribution in [-0.4, -0.2) is 62.9 Å². The average molecular weight is 465 g/mol. The molecule has 1 saturated heterocycles. The number of amides is 1. The molecule has 2 aromatic rings. The van der Waals surface area contributed by atoms with Crippen molar-refractivity contribution < 1.29 is 22.7 Å². The molecule has 0 radical (unpaired) electrons. The smallest absolute Gasteiger partial charge is 0.243 e. The molecule has 2 aliphatic rings. The molecule has 2 aliphatic heterocycles. The Labute approximate surface area is 187 Å². The van der Waals surface area contributed by atoms with Gasteiger partial charge in [-0.25, -0.2) is 8.42 Å². The summed E-state index contributed by atoms with van der Waals surface area (Å²) in [6.07, 6.45) is 0.569. The van der Waals surface area contributed by atoms with E-state index in [1.807, 2.05) is 19.1 Å². The van der Waals surface area contributed by atoms with Gasteiger partial charge in [0, 0.05) is 31.2 Å². The number of carbonyl (C=O) groups is 1. The van der Waals surface area contributed by atoms with E-state index in [0.29, 0.717) is 43.5 Å². The first-order valence-electron chi connectivity index (χ1n) is 10.3. The SMILES string of the molecule is CCOc1ccc(S(=O)(=O)N2CCN(C(=O)[C@H]3COc4ccc(Cl)cc4C3)CC2)cc1. The molecule has 1 amide bonds. The van der Waals surface area contributed by atoms with Crippen molar-refractivity contribution in [1.29, 1.82) is 0 Å². The number of nitrogens with zero attached hydrogens (tertiary/aromatic N) is 2. The predicted molar refractivity (Wildman–Crippen MR) is 117 cm³/mol. The summed E-state index contributed by atoms with van der Waals surface area (Å²) in [4.78, 5) is 15.0. The second-order valence-corrected chi connectivity index (χ2v) is 9.97. The number of sulfonamides is 1. The van der Waals surface area contributed by atoms with Crippen LogP contribution >= 0.6 is 11.6 Å². The first-order valence-corrected chi connectivity index (χ1v) is 12.1. The number of fused-ring (bicyclic) bond motifs is 1. The highest BCUT2D eigenvalue weighted by atomic mass is 35.5. The summed E-state index contributed by atoms with van der Waals surface area (Å²) in [5.41, 5.74) is 0.925. The van der Waals surface area contributed by atoms with E-state index in [1.165, 1.54) is 4.31 Å². The Morgan fingerprint density at radius 2 is 1.84 bits per heavy atom. The van der Waals surface area contributed by atoms with Crippen molar-refractivity contribution in [3.8, 4) is 11.5 Å². The maximum absolute atomic E-state index is 13.0. The van der Waals surface area contributed by atoms with Crippen LogP contribution < -0.4 is 9.47 Å². The van der Waals surface area contributed by atoms with Crippen LogP contribution in [0.1, 0.15) is 12.5 Å². The normalized spacial score (nSPS) is 19.4. The lowest BCUT2D eigenvalue weighted by Gasteiger charge is -2.36. The molecule has 1 fully saturated rings. The first-order chi connectivity index (χ1) is 14.9. The van der Waals surface area contributed by atoms with E-state index in [2.05, 4.69) is 0 Å². The van der Waals surface area contributed by atoms with Gasteiger partial charge in [-0.3, -0.25) is 4.79 Å². The molecular formula is C22H25ClN2O5S. The summed E-state index contributed by atoms with van der Waals surface area (Å²) in [5.74, 6) is 1.10. The van der Waals surface area contributed by atoms with Gasteiger partial charge in [0.15, 0.2) is 0 Å². The summed E-state index contributed by atoms with van der Waals surface area (Å²) < 4.78 is 38.5. The lowest BCUT2D eigenvalue weighted by Crippen LogP contribution is -2.52. The minimum atomic E-state index is -3.61. The Hall–Kier alpha value is -2.29. The van der Waals surface area contributed by atoms with Crippen LogP contribution in [0.2, 0.25) is 5.02 Å². The molecule has 9 heteroatoms. The lowest BCUT2D eigenvalue weighted by molar-refractivity contribution is -0.138. The highest BCUT2D eigenvalue weighted by Gasteiger charge is 2.34. The molecule has 0 N–H and O–H groups in total. The van der Waals surface area contributed by atoms with Crippen LogP contribution in [0, 0.1) is 5.92 Å². The fourth-order valence-corrected chi connectivity index (χ4v) is 5.57. The monoisotopic (exact) mass is 464 g/mol. The molecule has 166 valence electrons. The zero-order chi connectivity index (χ0) is 22.0. The average Bonchev–Trinajstić information content (AvgIpc) is 2.79. The molecule has 2 aromatic carbocycles. The van der Waals surface area contributed by atoms with E-state index in [1.54, 1.807) is 35.2 Å². The zero-order valence-corrected chi connectivity index (χ0v) is 18.9. The van der Waals surface area contributed by atoms with Gasteiger partial charge in [0.2, 0.25) is 15.9 Å². The molecule has 0 spiro atoms. The van der Waals surface area contributed by atoms with E-state index in [0.717, 1.165) is 11.3 Å². The molecule has 0 saturated carbocycles. The third kappa shape index (κ3) is 4.66. The van der Waals surface area contributed by atoms with E-state index >= 15 is 0 Å². The zero-order valence-electron chi connectivity index (χ0n) is 17.3. The number of hydrogen-bond donors (Lipinski definition) is 0. The van der Waals surface area contributed by atoms with Crippen molar-refractivity contribution in [3.05, 3.63) is 53.1 Å². The predicted octanol–water partition coefficient (Wildman–Crippen LogP) is 2.82. The minimum Gasteiger partial charge on any atom is -0.494 e. The maximum atomic E-state index is 13.0. The van der Waals surface area contributed by atoms with E-state index in [4.69, 9.17) is 21.1 Å². The van der Waals surface area contributed by atoms with Gasteiger partial charge in [0.25, 0.3) is 0 Å². The number of rotatable bonds is 5. The van der Waals surface area contributed by atoms with Gasteiger partial charge in [-0.15, -0.1) is 0 Å². The quantitative estimate of drug-likeness (QED) is 0.680. The molecular weight excluding hydrogens is 440 g/mol. The second kappa shape index (κ2) is 9.06. The number of piperazine rings is 1. The highest BCUT2D eigenvalue weighted by Crippen LogP contribution is 2.31. The van der Waals surface area contributed by atoms with Gasteiger partial charge in [0.1, 0.15) is 18.1 Å². The van der Waals surface area contributed by atoms with Gasteiger partial charge < -0.3 is 14.4 Å². The molecule has 4 rings (SSSR count). The van der Waals surface area contributed by atoms with Crippen molar-refractivity contribution >= 4 is 27.5 Å². The number of ether oxygens (including phenoxy) is 2. The van der Waals surface area contributed by atoms with Crippen molar-refractivity contribution in [2.24, 2.45) is 5.92 Å². The van der Waals surface area contributed by atoms with Crippen LogP contribution in [0.25, 0.3) is 0 Å². The lowest BCUT2D eigenvalue weighted by atomic mass is 9.95. The van der Waals surface area contributed by atoms with Crippen molar-refractivity contribution in [1.82, 2.24) is 9.21 Å². The molecule has 31 heavy (non-hydrogen) atoms. The number of benzene rings is 2. The van der Waals surface area contributed by atoms with Gasteiger partial charge in [-0.05, 0) is 61.4 Å². The first kappa shape index (κ1) is 21.9. The molecule has 7 nitrogen and oxygen atoms in total. The topological polar surface area (TPSA) is 76.2 Å². The van der Waals surface area contributed by atoms with Crippen LogP contribution in [0.15, 0.2) is 47.4 Å². The van der Waals surface area contributed by atoms with E-state index in [9.17, 15) is 13.2 Å². The van der Waals surface area contributed by atoms with Crippen LogP contribution in [0.4, 0.5) is 0 Å². The Morgan fingerprint density at radius 3 is 2.52 bits per heavy atom. The standard InChI is InChI=1S/C22H25ClN2O5S/c1-2-29-19-4-6-20(7-5-19)31(27,28)25-11-9-24(10-12-25)22(26)17-13-16-14-18(23)3-8-21(16)30-15-17/h3-8,14,17H,2,9-13,15H2,1H3/t17-/m1/s1. The largest absolute Gasteiger partial charge is 0.494 e. The van der Waals surface area contributed by atoms with Crippen LogP contribution in [0.3, 0.4) is 0 Å². The number of hydrogen-bond acceptors (Lipinski definition) is 5. The molecule has 0 aromatic heterocycles. The van der Waals surface area contributed by atoms with E-state index in [-0.39, 0.29) is 29.8 Å². The van der Waals surface area contributed by atoms with Gasteiger partial charge >= 0.3 is 0 Å². The van der Waals surface area contributed by atoms with Crippen molar-refractivity contribution in [2.45, 2.75) is 18.2 Å². The Morgan fingerprint density at radius 1 is 1.13 bits per heavy atom. The van der Waals surface area contributed by atoms with Gasteiger partial charge in [0.05, 0.1) is 17.4 Å².